The molecule has 0 fully saturated rings. The van der Waals surface area contributed by atoms with Gasteiger partial charge in [0.15, 0.2) is 0 Å². The molecule has 1 heterocycles. The first-order chi connectivity index (χ1) is 23.3. The minimum absolute atomic E-state index is 0.0450. The summed E-state index contributed by atoms with van der Waals surface area (Å²) in [6, 6.07) is 18.0. The van der Waals surface area contributed by atoms with E-state index < -0.39 is 5.91 Å². The van der Waals surface area contributed by atoms with E-state index in [0.717, 1.165) is 34.4 Å². The molecule has 0 saturated carbocycles. The Hall–Kier alpha value is -4.64. The van der Waals surface area contributed by atoms with Crippen molar-refractivity contribution in [2.45, 2.75) is 13.5 Å². The number of likely N-dealkylation sites (N-methyl/N-ethyl adjacent to an activating group) is 3. The van der Waals surface area contributed by atoms with E-state index in [1.54, 1.807) is 61.5 Å². The van der Waals surface area contributed by atoms with E-state index in [1.807, 2.05) is 69.2 Å². The molecule has 3 amide bonds. The average molecular weight is 706 g/mol. The first-order valence-electron chi connectivity index (χ1n) is 15.7. The van der Waals surface area contributed by atoms with Gasteiger partial charge in [-0.1, -0.05) is 47.5 Å². The van der Waals surface area contributed by atoms with Crippen LogP contribution in [-0.4, -0.2) is 94.4 Å². The van der Waals surface area contributed by atoms with Gasteiger partial charge in [-0.25, -0.2) is 4.98 Å². The van der Waals surface area contributed by atoms with Crippen LogP contribution in [0.4, 0.5) is 11.4 Å². The van der Waals surface area contributed by atoms with E-state index in [2.05, 4.69) is 5.32 Å². The molecule has 0 bridgehead atoms. The summed E-state index contributed by atoms with van der Waals surface area (Å²) in [5, 5.41) is 4.21. The van der Waals surface area contributed by atoms with E-state index in [1.165, 1.54) is 11.0 Å². The van der Waals surface area contributed by atoms with Gasteiger partial charge in [0.25, 0.3) is 5.91 Å². The van der Waals surface area contributed by atoms with Gasteiger partial charge < -0.3 is 29.7 Å². The molecule has 4 rings (SSSR count). The number of nitrogens with zero attached hydrogens (tertiary/aromatic N) is 5. The molecule has 258 valence electrons. The second-order valence-corrected chi connectivity index (χ2v) is 12.9. The molecule has 12 heteroatoms. The molecule has 0 aliphatic heterocycles. The lowest BCUT2D eigenvalue weighted by Crippen LogP contribution is -2.37. The summed E-state index contributed by atoms with van der Waals surface area (Å²) in [6.45, 7) is 3.10. The molecule has 1 aromatic heterocycles. The standard InChI is InChI=1S/C37H42Cl2N6O4/c1-24-21-31(43(4)5)27-9-8-10-32(36(27)41-24)49-23-28-29(38)16-17-30(35(28)39)45(7)34(47)22-40-33(46)18-13-25-11-14-26(15-12-25)37(48)44(6)20-19-42(2)3/h8-18,21H,19-20,22-23H2,1-7H3,(H,40,46)/b18-13+. The third-order valence-electron chi connectivity index (χ3n) is 7.89. The Morgan fingerprint density at radius 3 is 2.29 bits per heavy atom. The Labute approximate surface area is 297 Å². The zero-order valence-electron chi connectivity index (χ0n) is 28.9. The molecule has 4 aromatic rings. The van der Waals surface area contributed by atoms with Crippen molar-refractivity contribution >= 4 is 69.3 Å². The van der Waals surface area contributed by atoms with Crippen LogP contribution in [0, 0.1) is 6.92 Å². The quantitative estimate of drug-likeness (QED) is 0.173. The predicted molar refractivity (Wildman–Crippen MR) is 199 cm³/mol. The molecular formula is C37H42Cl2N6O4. The highest BCUT2D eigenvalue weighted by Gasteiger charge is 2.20. The SMILES string of the molecule is Cc1cc(N(C)C)c2cccc(OCc3c(Cl)ccc(N(C)C(=O)CNC(=O)/C=C/c4ccc(C(=O)N(C)CCN(C)C)cc4)c3Cl)c2n1. The summed E-state index contributed by atoms with van der Waals surface area (Å²) in [5.74, 6) is -0.328. The molecule has 0 spiro atoms. The lowest BCUT2D eigenvalue weighted by molar-refractivity contribution is -0.122. The smallest absolute Gasteiger partial charge is 0.253 e. The summed E-state index contributed by atoms with van der Waals surface area (Å²) >= 11 is 13.3. The highest BCUT2D eigenvalue weighted by Crippen LogP contribution is 2.36. The number of ether oxygens (including phenoxy) is 1. The van der Waals surface area contributed by atoms with E-state index in [9.17, 15) is 14.4 Å². The van der Waals surface area contributed by atoms with Gasteiger partial charge in [0, 0.05) is 80.3 Å². The number of hydrogen-bond donors (Lipinski definition) is 1. The van der Waals surface area contributed by atoms with Crippen molar-refractivity contribution in [3.8, 4) is 5.75 Å². The maximum Gasteiger partial charge on any atom is 0.253 e. The van der Waals surface area contributed by atoms with Crippen LogP contribution in [0.5, 0.6) is 5.75 Å². The zero-order valence-corrected chi connectivity index (χ0v) is 30.4. The number of pyridine rings is 1. The normalized spacial score (nSPS) is 11.2. The fourth-order valence-electron chi connectivity index (χ4n) is 5.00. The van der Waals surface area contributed by atoms with Gasteiger partial charge in [-0.2, -0.15) is 0 Å². The van der Waals surface area contributed by atoms with Crippen molar-refractivity contribution in [3.05, 3.63) is 99.2 Å². The van der Waals surface area contributed by atoms with Crippen LogP contribution < -0.4 is 19.9 Å². The number of anilines is 2. The lowest BCUT2D eigenvalue weighted by Gasteiger charge is -2.21. The van der Waals surface area contributed by atoms with Crippen molar-refractivity contribution in [2.24, 2.45) is 0 Å². The summed E-state index contributed by atoms with van der Waals surface area (Å²) in [4.78, 5) is 50.0. The third-order valence-corrected chi connectivity index (χ3v) is 8.67. The highest BCUT2D eigenvalue weighted by atomic mass is 35.5. The Bertz CT molecular complexity index is 1860. The van der Waals surface area contributed by atoms with E-state index in [4.69, 9.17) is 32.9 Å². The van der Waals surface area contributed by atoms with Gasteiger partial charge in [0.2, 0.25) is 11.8 Å². The number of halogens is 2. The Balaban J connectivity index is 1.37. The number of fused-ring (bicyclic) bond motifs is 1. The second kappa shape index (κ2) is 16.6. The number of aryl methyl sites for hydroxylation is 1. The van der Waals surface area contributed by atoms with Crippen LogP contribution in [0.25, 0.3) is 17.0 Å². The Morgan fingerprint density at radius 1 is 0.898 bits per heavy atom. The number of benzene rings is 3. The zero-order chi connectivity index (χ0) is 35.8. The molecule has 3 aromatic carbocycles. The molecule has 0 unspecified atom stereocenters. The molecule has 0 radical (unpaired) electrons. The van der Waals surface area contributed by atoms with Crippen molar-refractivity contribution in [2.75, 3.05) is 71.7 Å². The number of aromatic nitrogens is 1. The first kappa shape index (κ1) is 37.2. The minimum Gasteiger partial charge on any atom is -0.487 e. The maximum absolute atomic E-state index is 13.1. The molecule has 1 N–H and O–H groups in total. The van der Waals surface area contributed by atoms with Crippen molar-refractivity contribution < 1.29 is 19.1 Å². The summed E-state index contributed by atoms with van der Waals surface area (Å²) < 4.78 is 6.20. The number of para-hydroxylation sites is 1. The van der Waals surface area contributed by atoms with Crippen LogP contribution in [0.3, 0.4) is 0 Å². The molecular weight excluding hydrogens is 663 g/mol. The minimum atomic E-state index is -0.446. The average Bonchev–Trinajstić information content (AvgIpc) is 3.07. The molecule has 0 atom stereocenters. The van der Waals surface area contributed by atoms with Gasteiger partial charge in [0.05, 0.1) is 17.3 Å². The molecule has 49 heavy (non-hydrogen) atoms. The van der Waals surface area contributed by atoms with Crippen LogP contribution in [0.1, 0.15) is 27.2 Å². The number of nitrogens with one attached hydrogen (secondary N) is 1. The first-order valence-corrected chi connectivity index (χ1v) is 16.4. The number of carbonyl (C=O) groups is 3. The van der Waals surface area contributed by atoms with Gasteiger partial charge in [-0.15, -0.1) is 0 Å². The predicted octanol–water partition coefficient (Wildman–Crippen LogP) is 5.92. The van der Waals surface area contributed by atoms with Crippen molar-refractivity contribution in [3.63, 3.8) is 0 Å². The summed E-state index contributed by atoms with van der Waals surface area (Å²) in [6.07, 6.45) is 2.95. The van der Waals surface area contributed by atoms with E-state index in [-0.39, 0.29) is 30.0 Å². The Morgan fingerprint density at radius 2 is 1.61 bits per heavy atom. The maximum atomic E-state index is 13.1. The van der Waals surface area contributed by atoms with Crippen LogP contribution in [-0.2, 0) is 16.2 Å². The van der Waals surface area contributed by atoms with E-state index >= 15 is 0 Å². The number of carbonyl (C=O) groups excluding carboxylic acids is 3. The number of rotatable bonds is 13. The molecule has 0 aliphatic carbocycles. The summed E-state index contributed by atoms with van der Waals surface area (Å²) in [5.41, 5.74) is 4.83. The third kappa shape index (κ3) is 9.50. The van der Waals surface area contributed by atoms with Gasteiger partial charge in [0.1, 0.15) is 17.9 Å². The number of hydrogen-bond acceptors (Lipinski definition) is 7. The topological polar surface area (TPSA) is 98.3 Å². The van der Waals surface area contributed by atoms with E-state index in [0.29, 0.717) is 34.1 Å². The monoisotopic (exact) mass is 704 g/mol. The Kier molecular flexibility index (Phi) is 12.6. The fraction of sp³-hybridized carbons (Fsp3) is 0.297. The van der Waals surface area contributed by atoms with Gasteiger partial charge >= 0.3 is 0 Å². The molecule has 0 saturated heterocycles. The van der Waals surface area contributed by atoms with Crippen LogP contribution >= 0.6 is 23.2 Å². The lowest BCUT2D eigenvalue weighted by atomic mass is 10.1. The highest BCUT2D eigenvalue weighted by molar-refractivity contribution is 6.38. The van der Waals surface area contributed by atoms with Crippen LogP contribution in [0.2, 0.25) is 10.0 Å². The van der Waals surface area contributed by atoms with Crippen molar-refractivity contribution in [1.29, 1.82) is 0 Å². The molecule has 0 aliphatic rings. The van der Waals surface area contributed by atoms with Gasteiger partial charge in [-0.3, -0.25) is 14.4 Å². The largest absolute Gasteiger partial charge is 0.487 e. The second-order valence-electron chi connectivity index (χ2n) is 12.1. The number of amides is 3. The van der Waals surface area contributed by atoms with Crippen molar-refractivity contribution in [1.82, 2.24) is 20.1 Å². The van der Waals surface area contributed by atoms with Gasteiger partial charge in [-0.05, 0) is 69.1 Å². The summed E-state index contributed by atoms with van der Waals surface area (Å²) in [7, 11) is 11.2. The van der Waals surface area contributed by atoms with Crippen LogP contribution in [0.15, 0.2) is 66.7 Å². The molecule has 10 nitrogen and oxygen atoms in total. The fourth-order valence-corrected chi connectivity index (χ4v) is 5.60.